The molecule has 2 aromatic carbocycles. The molecule has 0 aliphatic heterocycles. The summed E-state index contributed by atoms with van der Waals surface area (Å²) in [5, 5.41) is 10.4. The van der Waals surface area contributed by atoms with Gasteiger partial charge in [0.05, 0.1) is 5.02 Å². The highest BCUT2D eigenvalue weighted by Gasteiger charge is 2.12. The minimum absolute atomic E-state index is 0.0654. The molecule has 0 aliphatic carbocycles. The molecule has 0 bridgehead atoms. The van der Waals surface area contributed by atoms with E-state index in [-0.39, 0.29) is 5.02 Å². The minimum Gasteiger partial charge on any atom is -0.384 e. The van der Waals surface area contributed by atoms with Gasteiger partial charge in [-0.15, -0.1) is 0 Å². The van der Waals surface area contributed by atoms with Crippen LogP contribution in [0.3, 0.4) is 0 Å². The van der Waals surface area contributed by atoms with Crippen molar-refractivity contribution in [3.05, 3.63) is 70.0 Å². The first-order chi connectivity index (χ1) is 9.11. The number of rotatable bonds is 4. The molecule has 19 heavy (non-hydrogen) atoms. The summed E-state index contributed by atoms with van der Waals surface area (Å²) in [5.41, 5.74) is 2.46. The van der Waals surface area contributed by atoms with Crippen LogP contribution in [0.2, 0.25) is 5.02 Å². The van der Waals surface area contributed by atoms with Crippen LogP contribution >= 0.6 is 11.6 Å². The fourth-order valence-electron chi connectivity index (χ4n) is 2.08. The number of aryl methyl sites for hydroxylation is 1. The van der Waals surface area contributed by atoms with E-state index in [1.165, 1.54) is 17.7 Å². The monoisotopic (exact) mass is 278 g/mol. The molecule has 0 fully saturated rings. The fourth-order valence-corrected chi connectivity index (χ4v) is 2.20. The lowest BCUT2D eigenvalue weighted by atomic mass is 9.98. The highest BCUT2D eigenvalue weighted by molar-refractivity contribution is 6.30. The zero-order valence-electron chi connectivity index (χ0n) is 10.7. The Balaban J connectivity index is 2.29. The topological polar surface area (TPSA) is 20.2 Å². The molecule has 1 unspecified atom stereocenters. The van der Waals surface area contributed by atoms with E-state index in [9.17, 15) is 9.50 Å². The summed E-state index contributed by atoms with van der Waals surface area (Å²) in [6.07, 6.45) is 1.19. The van der Waals surface area contributed by atoms with Gasteiger partial charge in [-0.2, -0.15) is 0 Å². The van der Waals surface area contributed by atoms with Gasteiger partial charge in [-0.1, -0.05) is 55.3 Å². The number of halogens is 2. The summed E-state index contributed by atoms with van der Waals surface area (Å²) in [6, 6.07) is 12.1. The molecule has 2 rings (SSSR count). The maximum atomic E-state index is 13.4. The molecule has 0 radical (unpaired) electrons. The molecule has 100 valence electrons. The van der Waals surface area contributed by atoms with Gasteiger partial charge in [0.1, 0.15) is 11.9 Å². The summed E-state index contributed by atoms with van der Waals surface area (Å²) < 4.78 is 13.4. The molecule has 1 nitrogen and oxygen atoms in total. The van der Waals surface area contributed by atoms with Crippen LogP contribution in [0.5, 0.6) is 0 Å². The van der Waals surface area contributed by atoms with Crippen LogP contribution in [-0.4, -0.2) is 5.11 Å². The van der Waals surface area contributed by atoms with E-state index in [0.717, 1.165) is 18.4 Å². The van der Waals surface area contributed by atoms with Gasteiger partial charge < -0.3 is 5.11 Å². The molecule has 0 saturated carbocycles. The van der Waals surface area contributed by atoms with Gasteiger partial charge in [-0.25, -0.2) is 4.39 Å². The molecule has 0 aliphatic rings. The normalized spacial score (nSPS) is 12.4. The van der Waals surface area contributed by atoms with Crippen molar-refractivity contribution < 1.29 is 9.50 Å². The summed E-state index contributed by atoms with van der Waals surface area (Å²) in [6.45, 7) is 2.11. The molecule has 0 saturated heterocycles. The predicted octanol–water partition coefficient (Wildman–Crippen LogP) is 4.51. The number of hydrogen-bond donors (Lipinski definition) is 1. The van der Waals surface area contributed by atoms with Gasteiger partial charge in [0.25, 0.3) is 0 Å². The molecule has 1 atom stereocenters. The van der Waals surface area contributed by atoms with Crippen molar-refractivity contribution in [3.63, 3.8) is 0 Å². The van der Waals surface area contributed by atoms with Gasteiger partial charge >= 0.3 is 0 Å². The second kappa shape index (κ2) is 6.18. The van der Waals surface area contributed by atoms with Crippen LogP contribution in [0, 0.1) is 5.82 Å². The Bertz CT molecular complexity index is 568. The van der Waals surface area contributed by atoms with E-state index in [1.807, 2.05) is 24.3 Å². The number of hydrogen-bond acceptors (Lipinski definition) is 1. The first kappa shape index (κ1) is 14.0. The van der Waals surface area contributed by atoms with Crippen LogP contribution in [0.25, 0.3) is 0 Å². The Labute approximate surface area is 117 Å². The van der Waals surface area contributed by atoms with Crippen LogP contribution in [0.1, 0.15) is 36.1 Å². The maximum Gasteiger partial charge on any atom is 0.142 e. The second-order valence-corrected chi connectivity index (χ2v) is 4.98. The van der Waals surface area contributed by atoms with Gasteiger partial charge in [0.15, 0.2) is 0 Å². The Hall–Kier alpha value is -1.38. The largest absolute Gasteiger partial charge is 0.384 e. The first-order valence-electron chi connectivity index (χ1n) is 6.33. The van der Waals surface area contributed by atoms with Crippen molar-refractivity contribution in [1.82, 2.24) is 0 Å². The molecule has 1 N–H and O–H groups in total. The third-order valence-corrected chi connectivity index (χ3v) is 3.37. The lowest BCUT2D eigenvalue weighted by Crippen LogP contribution is -2.01. The molecular weight excluding hydrogens is 263 g/mol. The van der Waals surface area contributed by atoms with Crippen molar-refractivity contribution in [2.45, 2.75) is 25.9 Å². The summed E-state index contributed by atoms with van der Waals surface area (Å²) in [4.78, 5) is 0. The first-order valence-corrected chi connectivity index (χ1v) is 6.71. The zero-order valence-corrected chi connectivity index (χ0v) is 11.5. The standard InChI is InChI=1S/C16H16ClFO/c1-2-4-11-5-3-6-12(9-11)16(19)13-7-8-14(17)15(18)10-13/h3,5-10,16,19H,2,4H2,1H3. The average Bonchev–Trinajstić information content (AvgIpc) is 2.42. The summed E-state index contributed by atoms with van der Waals surface area (Å²) in [5.74, 6) is -0.511. The Kier molecular flexibility index (Phi) is 4.56. The molecule has 0 heterocycles. The fraction of sp³-hybridized carbons (Fsp3) is 0.250. The lowest BCUT2D eigenvalue weighted by Gasteiger charge is -2.13. The SMILES string of the molecule is CCCc1cccc(C(O)c2ccc(Cl)c(F)c2)c1. The second-order valence-electron chi connectivity index (χ2n) is 4.57. The third kappa shape index (κ3) is 3.34. The predicted molar refractivity (Wildman–Crippen MR) is 75.9 cm³/mol. The average molecular weight is 279 g/mol. The van der Waals surface area contributed by atoms with E-state index < -0.39 is 11.9 Å². The van der Waals surface area contributed by atoms with Crippen LogP contribution < -0.4 is 0 Å². The van der Waals surface area contributed by atoms with Crippen molar-refractivity contribution in [2.75, 3.05) is 0 Å². The summed E-state index contributed by atoms with van der Waals surface area (Å²) >= 11 is 5.64. The van der Waals surface area contributed by atoms with E-state index in [2.05, 4.69) is 6.92 Å². The van der Waals surface area contributed by atoms with Gasteiger partial charge in [-0.3, -0.25) is 0 Å². The number of aliphatic hydroxyl groups is 1. The van der Waals surface area contributed by atoms with Crippen molar-refractivity contribution in [3.8, 4) is 0 Å². The van der Waals surface area contributed by atoms with Crippen molar-refractivity contribution >= 4 is 11.6 Å². The Morgan fingerprint density at radius 2 is 1.89 bits per heavy atom. The van der Waals surface area contributed by atoms with Gasteiger partial charge in [0.2, 0.25) is 0 Å². The lowest BCUT2D eigenvalue weighted by molar-refractivity contribution is 0.219. The van der Waals surface area contributed by atoms with Gasteiger partial charge in [-0.05, 0) is 35.2 Å². The molecule has 3 heteroatoms. The van der Waals surface area contributed by atoms with Crippen molar-refractivity contribution in [2.24, 2.45) is 0 Å². The Morgan fingerprint density at radius 3 is 2.58 bits per heavy atom. The molecular formula is C16H16ClFO. The third-order valence-electron chi connectivity index (χ3n) is 3.06. The molecule has 0 aromatic heterocycles. The minimum atomic E-state index is -0.830. The Morgan fingerprint density at radius 1 is 1.16 bits per heavy atom. The molecule has 0 spiro atoms. The molecule has 0 amide bonds. The smallest absolute Gasteiger partial charge is 0.142 e. The zero-order chi connectivity index (χ0) is 13.8. The maximum absolute atomic E-state index is 13.4. The van der Waals surface area contributed by atoms with Crippen LogP contribution in [0.15, 0.2) is 42.5 Å². The quantitative estimate of drug-likeness (QED) is 0.872. The summed E-state index contributed by atoms with van der Waals surface area (Å²) in [7, 11) is 0. The van der Waals surface area contributed by atoms with E-state index in [4.69, 9.17) is 11.6 Å². The van der Waals surface area contributed by atoms with E-state index in [0.29, 0.717) is 5.56 Å². The van der Waals surface area contributed by atoms with Gasteiger partial charge in [0, 0.05) is 0 Å². The van der Waals surface area contributed by atoms with E-state index >= 15 is 0 Å². The van der Waals surface area contributed by atoms with Crippen LogP contribution in [-0.2, 0) is 6.42 Å². The number of benzene rings is 2. The molecule has 2 aromatic rings. The van der Waals surface area contributed by atoms with Crippen LogP contribution in [0.4, 0.5) is 4.39 Å². The van der Waals surface area contributed by atoms with E-state index in [1.54, 1.807) is 6.07 Å². The number of aliphatic hydroxyl groups excluding tert-OH is 1. The van der Waals surface area contributed by atoms with Crippen molar-refractivity contribution in [1.29, 1.82) is 0 Å². The highest BCUT2D eigenvalue weighted by Crippen LogP contribution is 2.26. The highest BCUT2D eigenvalue weighted by atomic mass is 35.5.